The summed E-state index contributed by atoms with van der Waals surface area (Å²) in [6.07, 6.45) is 6.31. The van der Waals surface area contributed by atoms with Gasteiger partial charge in [-0.05, 0) is 56.1 Å². The van der Waals surface area contributed by atoms with Gasteiger partial charge in [0.25, 0.3) is 0 Å². The molecular weight excluding hydrogens is 250 g/mol. The van der Waals surface area contributed by atoms with E-state index < -0.39 is 5.60 Å². The predicted octanol–water partition coefficient (Wildman–Crippen LogP) is 1.79. The maximum atomic E-state index is 10.7. The third-order valence-corrected chi connectivity index (χ3v) is 5.07. The van der Waals surface area contributed by atoms with Crippen LogP contribution in [-0.4, -0.2) is 28.8 Å². The van der Waals surface area contributed by atoms with E-state index in [2.05, 4.69) is 11.0 Å². The summed E-state index contributed by atoms with van der Waals surface area (Å²) < 4.78 is 0. The second kappa shape index (κ2) is 4.20. The molecule has 1 unspecified atom stereocenters. The van der Waals surface area contributed by atoms with Gasteiger partial charge in [-0.1, -0.05) is 0 Å². The molecule has 0 amide bonds. The van der Waals surface area contributed by atoms with E-state index in [1.807, 2.05) is 6.07 Å². The van der Waals surface area contributed by atoms with E-state index >= 15 is 0 Å². The minimum atomic E-state index is -0.548. The lowest BCUT2D eigenvalue weighted by atomic mass is 9.97. The van der Waals surface area contributed by atoms with Crippen LogP contribution in [0.15, 0.2) is 6.07 Å². The average molecular weight is 269 g/mol. The van der Waals surface area contributed by atoms with E-state index in [1.54, 1.807) is 0 Å². The number of hydrogen-bond acceptors (Lipinski definition) is 4. The molecule has 2 aliphatic carbocycles. The largest absolute Gasteiger partial charge is 0.388 e. The first kappa shape index (κ1) is 12.2. The molecule has 4 nitrogen and oxygen atoms in total. The third kappa shape index (κ3) is 1.81. The molecule has 4 rings (SSSR count). The molecule has 3 aliphatic rings. The first-order valence-corrected chi connectivity index (χ1v) is 7.60. The van der Waals surface area contributed by atoms with Crippen LogP contribution in [0.1, 0.15) is 42.5 Å². The molecule has 1 saturated carbocycles. The van der Waals surface area contributed by atoms with Crippen molar-refractivity contribution in [2.75, 3.05) is 18.0 Å². The van der Waals surface area contributed by atoms with E-state index in [-0.39, 0.29) is 0 Å². The van der Waals surface area contributed by atoms with Gasteiger partial charge in [-0.2, -0.15) is 5.26 Å². The normalized spacial score (nSPS) is 28.5. The predicted molar refractivity (Wildman–Crippen MR) is 75.5 cm³/mol. The molecule has 2 heterocycles. The summed E-state index contributed by atoms with van der Waals surface area (Å²) >= 11 is 0. The monoisotopic (exact) mass is 269 g/mol. The summed E-state index contributed by atoms with van der Waals surface area (Å²) in [5.41, 5.74) is 2.52. The van der Waals surface area contributed by atoms with Crippen molar-refractivity contribution in [3.63, 3.8) is 0 Å². The lowest BCUT2D eigenvalue weighted by Gasteiger charge is -2.24. The molecule has 1 N–H and O–H groups in total. The number of anilines is 1. The van der Waals surface area contributed by atoms with Crippen molar-refractivity contribution in [1.29, 1.82) is 5.26 Å². The number of fused-ring (bicyclic) bond motifs is 1. The van der Waals surface area contributed by atoms with Crippen LogP contribution in [0.3, 0.4) is 0 Å². The van der Waals surface area contributed by atoms with Crippen LogP contribution >= 0.6 is 0 Å². The Kier molecular flexibility index (Phi) is 2.55. The molecule has 1 atom stereocenters. The standard InChI is InChI=1S/C16H19N3O/c17-9-12-8-11-2-1-3-14(11)18-15(12)19-7-6-16(20,10-19)13-4-5-13/h8,13,20H,1-7,10H2. The number of nitrogens with zero attached hydrogens (tertiary/aromatic N) is 3. The SMILES string of the molecule is N#Cc1cc2c(nc1N1CCC(O)(C3CC3)C1)CCC2. The van der Waals surface area contributed by atoms with Crippen LogP contribution in [-0.2, 0) is 12.8 Å². The Morgan fingerprint density at radius 1 is 1.40 bits per heavy atom. The number of hydrogen-bond donors (Lipinski definition) is 1. The van der Waals surface area contributed by atoms with Gasteiger partial charge < -0.3 is 10.0 Å². The van der Waals surface area contributed by atoms with Crippen molar-refractivity contribution in [2.24, 2.45) is 5.92 Å². The van der Waals surface area contributed by atoms with Crippen molar-refractivity contribution in [3.8, 4) is 6.07 Å². The van der Waals surface area contributed by atoms with Gasteiger partial charge in [0.1, 0.15) is 11.9 Å². The Morgan fingerprint density at radius 2 is 2.25 bits per heavy atom. The highest BCUT2D eigenvalue weighted by atomic mass is 16.3. The molecule has 20 heavy (non-hydrogen) atoms. The van der Waals surface area contributed by atoms with Gasteiger partial charge >= 0.3 is 0 Å². The van der Waals surface area contributed by atoms with Crippen molar-refractivity contribution in [1.82, 2.24) is 4.98 Å². The van der Waals surface area contributed by atoms with Crippen molar-refractivity contribution in [2.45, 2.75) is 44.1 Å². The molecule has 104 valence electrons. The second-order valence-electron chi connectivity index (χ2n) is 6.48. The number of pyridine rings is 1. The molecule has 0 bridgehead atoms. The fraction of sp³-hybridized carbons (Fsp3) is 0.625. The first-order valence-electron chi connectivity index (χ1n) is 7.60. The van der Waals surface area contributed by atoms with Gasteiger partial charge in [0.05, 0.1) is 11.2 Å². The van der Waals surface area contributed by atoms with Gasteiger partial charge in [0.2, 0.25) is 0 Å². The zero-order valence-electron chi connectivity index (χ0n) is 11.6. The van der Waals surface area contributed by atoms with E-state index in [9.17, 15) is 10.4 Å². The molecular formula is C16H19N3O. The topological polar surface area (TPSA) is 60.2 Å². The smallest absolute Gasteiger partial charge is 0.146 e. The molecule has 0 spiro atoms. The summed E-state index contributed by atoms with van der Waals surface area (Å²) in [5.74, 6) is 1.26. The van der Waals surface area contributed by atoms with Gasteiger partial charge in [-0.15, -0.1) is 0 Å². The number of nitriles is 1. The zero-order chi connectivity index (χ0) is 13.7. The summed E-state index contributed by atoms with van der Waals surface area (Å²) in [6, 6.07) is 4.30. The summed E-state index contributed by atoms with van der Waals surface area (Å²) in [6.45, 7) is 1.45. The molecule has 1 aliphatic heterocycles. The van der Waals surface area contributed by atoms with Crippen molar-refractivity contribution < 1.29 is 5.11 Å². The molecule has 1 aromatic rings. The van der Waals surface area contributed by atoms with Gasteiger partial charge in [-0.25, -0.2) is 4.98 Å². The Hall–Kier alpha value is -1.60. The zero-order valence-corrected chi connectivity index (χ0v) is 11.6. The molecule has 0 aromatic carbocycles. The maximum absolute atomic E-state index is 10.7. The van der Waals surface area contributed by atoms with Crippen LogP contribution in [0.2, 0.25) is 0 Å². The fourth-order valence-electron chi connectivity index (χ4n) is 3.74. The Labute approximate surface area is 119 Å². The highest BCUT2D eigenvalue weighted by molar-refractivity contribution is 5.57. The van der Waals surface area contributed by atoms with Gasteiger partial charge in [-0.3, -0.25) is 0 Å². The number of aromatic nitrogens is 1. The summed E-state index contributed by atoms with van der Waals surface area (Å²) in [4.78, 5) is 6.86. The average Bonchev–Trinajstić information content (AvgIpc) is 3.10. The number of aliphatic hydroxyl groups is 1. The second-order valence-corrected chi connectivity index (χ2v) is 6.48. The quantitative estimate of drug-likeness (QED) is 0.889. The highest BCUT2D eigenvalue weighted by Gasteiger charge is 2.48. The fourth-order valence-corrected chi connectivity index (χ4v) is 3.74. The summed E-state index contributed by atoms with van der Waals surface area (Å²) in [5, 5.41) is 20.0. The van der Waals surface area contributed by atoms with Gasteiger partial charge in [0.15, 0.2) is 0 Å². The van der Waals surface area contributed by atoms with Crippen molar-refractivity contribution in [3.05, 3.63) is 22.9 Å². The van der Waals surface area contributed by atoms with Crippen LogP contribution < -0.4 is 4.90 Å². The number of β-amino-alcohol motifs (C(OH)–C–C–N with tert-alkyl or cyclic N) is 1. The molecule has 1 aromatic heterocycles. The Bertz CT molecular complexity index is 602. The third-order valence-electron chi connectivity index (χ3n) is 5.07. The van der Waals surface area contributed by atoms with Crippen molar-refractivity contribution >= 4 is 5.82 Å². The molecule has 1 saturated heterocycles. The maximum Gasteiger partial charge on any atom is 0.146 e. The minimum absolute atomic E-state index is 0.465. The summed E-state index contributed by atoms with van der Waals surface area (Å²) in [7, 11) is 0. The van der Waals surface area contributed by atoms with E-state index in [1.165, 1.54) is 5.56 Å². The van der Waals surface area contributed by atoms with Crippen LogP contribution in [0.5, 0.6) is 0 Å². The minimum Gasteiger partial charge on any atom is -0.388 e. The lowest BCUT2D eigenvalue weighted by Crippen LogP contribution is -2.35. The Balaban J connectivity index is 1.67. The number of rotatable bonds is 2. The van der Waals surface area contributed by atoms with E-state index in [0.29, 0.717) is 18.0 Å². The van der Waals surface area contributed by atoms with E-state index in [0.717, 1.165) is 56.6 Å². The molecule has 0 radical (unpaired) electrons. The molecule has 2 fully saturated rings. The van der Waals surface area contributed by atoms with Crippen LogP contribution in [0.25, 0.3) is 0 Å². The van der Waals surface area contributed by atoms with Crippen LogP contribution in [0, 0.1) is 17.2 Å². The van der Waals surface area contributed by atoms with Crippen LogP contribution in [0.4, 0.5) is 5.82 Å². The van der Waals surface area contributed by atoms with E-state index in [4.69, 9.17) is 4.98 Å². The molecule has 4 heteroatoms. The lowest BCUT2D eigenvalue weighted by molar-refractivity contribution is 0.0400. The first-order chi connectivity index (χ1) is 9.69. The van der Waals surface area contributed by atoms with Gasteiger partial charge in [0, 0.05) is 18.8 Å². The number of aryl methyl sites for hydroxylation is 2. The highest BCUT2D eigenvalue weighted by Crippen LogP contribution is 2.45. The Morgan fingerprint density at radius 3 is 3.00 bits per heavy atom.